The van der Waals surface area contributed by atoms with Gasteiger partial charge in [-0.3, -0.25) is 45.2 Å². The van der Waals surface area contributed by atoms with Crippen molar-refractivity contribution < 1.29 is 24.2 Å². The Morgan fingerprint density at radius 2 is 1.52 bits per heavy atom. The zero-order chi connectivity index (χ0) is 19.6. The van der Waals surface area contributed by atoms with Gasteiger partial charge >= 0.3 is 11.3 Å². The number of hydrogen-bond acceptors (Lipinski definition) is 7. The number of carbonyl (C=O) groups excluding carboxylic acids is 3. The van der Waals surface area contributed by atoms with E-state index < -0.39 is 63.2 Å². The van der Waals surface area contributed by atoms with Crippen LogP contribution in [0.5, 0.6) is 0 Å². The number of carbonyl (C=O) groups is 3. The van der Waals surface area contributed by atoms with Crippen molar-refractivity contribution in [3.63, 3.8) is 0 Å². The van der Waals surface area contributed by atoms with Crippen molar-refractivity contribution in [1.82, 2.24) is 16.0 Å². The molecule has 0 aromatic rings. The van der Waals surface area contributed by atoms with Crippen molar-refractivity contribution in [3.05, 3.63) is 20.2 Å². The van der Waals surface area contributed by atoms with Gasteiger partial charge < -0.3 is 5.32 Å². The molecule has 0 aromatic heterocycles. The predicted octanol–water partition coefficient (Wildman–Crippen LogP) is -0.889. The summed E-state index contributed by atoms with van der Waals surface area (Å²) in [5, 5.41) is 28.3. The lowest BCUT2D eigenvalue weighted by molar-refractivity contribution is -0.630. The Hall–Kier alpha value is -2.50. The van der Waals surface area contributed by atoms with Crippen LogP contribution in [0.3, 0.4) is 0 Å². The summed E-state index contributed by atoms with van der Waals surface area (Å²) in [6.07, 6.45) is -1.37. The fourth-order valence-corrected chi connectivity index (χ4v) is 3.40. The molecule has 1 aliphatic carbocycles. The summed E-state index contributed by atoms with van der Waals surface area (Å²) in [7, 11) is 0. The molecule has 3 N–H and O–H groups in total. The highest BCUT2D eigenvalue weighted by Gasteiger charge is 2.68. The molecule has 0 bridgehead atoms. The summed E-state index contributed by atoms with van der Waals surface area (Å²) in [6, 6.07) is -1.25. The maximum absolute atomic E-state index is 11.7. The minimum absolute atomic E-state index is 0.484. The third-order valence-electron chi connectivity index (χ3n) is 3.79. The van der Waals surface area contributed by atoms with Gasteiger partial charge in [-0.1, -0.05) is 0 Å². The molecule has 3 amide bonds. The lowest BCUT2D eigenvalue weighted by Gasteiger charge is -2.43. The molecule has 1 aliphatic rings. The largest absolute Gasteiger partial charge is 0.351 e. The molecule has 4 unspecified atom stereocenters. The molecule has 0 aliphatic heterocycles. The lowest BCUT2D eigenvalue weighted by atomic mass is 9.77. The molecule has 0 aromatic carbocycles. The monoisotopic (exact) mass is 379 g/mol. The molecular formula is C12H18ClN5O7. The molecule has 25 heavy (non-hydrogen) atoms. The number of amides is 3. The third-order valence-corrected chi connectivity index (χ3v) is 4.46. The summed E-state index contributed by atoms with van der Waals surface area (Å²) >= 11 is 6.15. The fourth-order valence-electron chi connectivity index (χ4n) is 3.04. The Morgan fingerprint density at radius 1 is 1.00 bits per heavy atom. The Labute approximate surface area is 146 Å². The van der Waals surface area contributed by atoms with E-state index in [0.717, 1.165) is 20.8 Å². The number of alkyl halides is 1. The average Bonchev–Trinajstić information content (AvgIpc) is 2.41. The van der Waals surface area contributed by atoms with E-state index in [4.69, 9.17) is 11.6 Å². The van der Waals surface area contributed by atoms with E-state index >= 15 is 0 Å². The minimum atomic E-state index is -2.46. The van der Waals surface area contributed by atoms with E-state index in [9.17, 15) is 34.6 Å². The number of rotatable bonds is 5. The Bertz CT molecular complexity index is 629. The first-order valence-electron chi connectivity index (χ1n) is 7.14. The summed E-state index contributed by atoms with van der Waals surface area (Å²) in [4.78, 5) is 55.8. The quantitative estimate of drug-likeness (QED) is 0.240. The first-order chi connectivity index (χ1) is 11.4. The van der Waals surface area contributed by atoms with E-state index in [1.807, 2.05) is 0 Å². The molecular weight excluding hydrogens is 362 g/mol. The standard InChI is InChI=1S/C12H18ClN5O7/c1-6(19)14-9-4-11(17(22)23,15-7(2)20)5-12(10(9)13,18(24)25)16-8(3)21/h9-10H,4-5H2,1-3H3,(H,14,19)(H,15,20)(H,16,21). The first kappa shape index (κ1) is 20.5. The van der Waals surface area contributed by atoms with Gasteiger partial charge in [0.1, 0.15) is 11.8 Å². The second-order valence-electron chi connectivity index (χ2n) is 5.92. The molecule has 0 saturated heterocycles. The van der Waals surface area contributed by atoms with Crippen LogP contribution in [0.25, 0.3) is 0 Å². The lowest BCUT2D eigenvalue weighted by Crippen LogP contribution is -2.76. The van der Waals surface area contributed by atoms with Crippen molar-refractivity contribution in [2.75, 3.05) is 0 Å². The smallest absolute Gasteiger partial charge is 0.323 e. The highest BCUT2D eigenvalue weighted by molar-refractivity contribution is 6.22. The second kappa shape index (κ2) is 7.17. The van der Waals surface area contributed by atoms with Crippen LogP contribution in [0.2, 0.25) is 0 Å². The van der Waals surface area contributed by atoms with Gasteiger partial charge in [-0.05, 0) is 0 Å². The van der Waals surface area contributed by atoms with Gasteiger partial charge in [0.15, 0.2) is 0 Å². The maximum atomic E-state index is 11.7. The molecule has 1 rings (SSSR count). The third kappa shape index (κ3) is 4.13. The predicted molar refractivity (Wildman–Crippen MR) is 83.6 cm³/mol. The van der Waals surface area contributed by atoms with Crippen LogP contribution in [0.15, 0.2) is 0 Å². The van der Waals surface area contributed by atoms with E-state index in [0.29, 0.717) is 0 Å². The minimum Gasteiger partial charge on any atom is -0.351 e. The molecule has 4 atom stereocenters. The van der Waals surface area contributed by atoms with E-state index in [-0.39, 0.29) is 0 Å². The molecule has 13 heteroatoms. The van der Waals surface area contributed by atoms with E-state index in [2.05, 4.69) is 16.0 Å². The van der Waals surface area contributed by atoms with Crippen LogP contribution in [-0.2, 0) is 14.4 Å². The second-order valence-corrected chi connectivity index (χ2v) is 6.39. The SMILES string of the molecule is CC(=O)NC1CC(NC(C)=O)([N+](=O)[O-])CC(NC(C)=O)([N+](=O)[O-])C1Cl. The first-order valence-corrected chi connectivity index (χ1v) is 7.57. The van der Waals surface area contributed by atoms with E-state index in [1.54, 1.807) is 0 Å². The van der Waals surface area contributed by atoms with Crippen molar-refractivity contribution >= 4 is 29.3 Å². The Balaban J connectivity index is 3.54. The van der Waals surface area contributed by atoms with Crippen LogP contribution in [-0.4, -0.2) is 50.3 Å². The molecule has 0 radical (unpaired) electrons. The van der Waals surface area contributed by atoms with Gasteiger partial charge in [-0.2, -0.15) is 0 Å². The van der Waals surface area contributed by atoms with Gasteiger partial charge in [0.25, 0.3) is 0 Å². The van der Waals surface area contributed by atoms with Gasteiger partial charge in [0.2, 0.25) is 17.7 Å². The van der Waals surface area contributed by atoms with E-state index in [1.165, 1.54) is 0 Å². The normalized spacial score (nSPS) is 31.5. The van der Waals surface area contributed by atoms with Crippen LogP contribution in [0, 0.1) is 20.2 Å². The van der Waals surface area contributed by atoms with Crippen LogP contribution >= 0.6 is 11.6 Å². The summed E-state index contributed by atoms with van der Waals surface area (Å²) < 4.78 is 0. The number of hydrogen-bond donors (Lipinski definition) is 3. The highest BCUT2D eigenvalue weighted by atomic mass is 35.5. The topological polar surface area (TPSA) is 174 Å². The Kier molecular flexibility index (Phi) is 5.89. The van der Waals surface area contributed by atoms with Crippen LogP contribution < -0.4 is 16.0 Å². The molecule has 12 nitrogen and oxygen atoms in total. The number of halogens is 1. The molecule has 0 spiro atoms. The molecule has 0 heterocycles. The molecule has 140 valence electrons. The van der Waals surface area contributed by atoms with Crippen LogP contribution in [0.1, 0.15) is 33.6 Å². The summed E-state index contributed by atoms with van der Waals surface area (Å²) in [5.41, 5.74) is -4.76. The highest BCUT2D eigenvalue weighted by Crippen LogP contribution is 2.40. The van der Waals surface area contributed by atoms with Crippen molar-refractivity contribution in [2.24, 2.45) is 0 Å². The maximum Gasteiger partial charge on any atom is 0.323 e. The number of nitrogens with zero attached hydrogens (tertiary/aromatic N) is 2. The van der Waals surface area contributed by atoms with Crippen molar-refractivity contribution in [2.45, 2.75) is 56.4 Å². The fraction of sp³-hybridized carbons (Fsp3) is 0.750. The Morgan fingerprint density at radius 3 is 1.88 bits per heavy atom. The average molecular weight is 380 g/mol. The summed E-state index contributed by atoms with van der Waals surface area (Å²) in [5.74, 6) is -2.27. The van der Waals surface area contributed by atoms with Gasteiger partial charge in [-0.15, -0.1) is 11.6 Å². The van der Waals surface area contributed by atoms with Crippen LogP contribution in [0.4, 0.5) is 0 Å². The van der Waals surface area contributed by atoms with Gasteiger partial charge in [0, 0.05) is 25.7 Å². The zero-order valence-electron chi connectivity index (χ0n) is 13.7. The number of nitro groups is 2. The zero-order valence-corrected chi connectivity index (χ0v) is 14.5. The van der Waals surface area contributed by atoms with Gasteiger partial charge in [0.05, 0.1) is 17.4 Å². The van der Waals surface area contributed by atoms with Crippen molar-refractivity contribution in [1.29, 1.82) is 0 Å². The van der Waals surface area contributed by atoms with Crippen molar-refractivity contribution in [3.8, 4) is 0 Å². The van der Waals surface area contributed by atoms with Gasteiger partial charge in [-0.25, -0.2) is 0 Å². The molecule has 1 fully saturated rings. The summed E-state index contributed by atoms with van der Waals surface area (Å²) in [6.45, 7) is 3.11. The number of nitrogens with one attached hydrogen (secondary N) is 3. The molecule has 1 saturated carbocycles.